The number of hydrogen-bond acceptors (Lipinski definition) is 5. The predicted molar refractivity (Wildman–Crippen MR) is 120 cm³/mol. The van der Waals surface area contributed by atoms with Crippen molar-refractivity contribution in [1.82, 2.24) is 0 Å². The van der Waals surface area contributed by atoms with E-state index in [2.05, 4.69) is 25.1 Å². The first-order chi connectivity index (χ1) is 14.0. The van der Waals surface area contributed by atoms with E-state index in [1.54, 1.807) is 23.5 Å². The fourth-order valence-corrected chi connectivity index (χ4v) is 4.00. The van der Waals surface area contributed by atoms with E-state index in [0.717, 1.165) is 11.3 Å². The maximum absolute atomic E-state index is 10.4. The Balaban J connectivity index is 2.05. The quantitative estimate of drug-likeness (QED) is 0.440. The van der Waals surface area contributed by atoms with Crippen molar-refractivity contribution in [2.45, 2.75) is 65.5 Å². The Morgan fingerprint density at radius 1 is 1.03 bits per heavy atom. The summed E-state index contributed by atoms with van der Waals surface area (Å²) in [5, 5.41) is 29.1. The highest BCUT2D eigenvalue weighted by molar-refractivity contribution is 7.13. The van der Waals surface area contributed by atoms with Crippen molar-refractivity contribution in [3.8, 4) is 5.75 Å². The zero-order valence-corrected chi connectivity index (χ0v) is 18.3. The molecule has 1 heterocycles. The highest BCUT2D eigenvalue weighted by Crippen LogP contribution is 2.28. The lowest BCUT2D eigenvalue weighted by Crippen LogP contribution is -2.22. The molecule has 0 aliphatic heterocycles. The molecule has 0 amide bonds. The molecule has 0 saturated carbocycles. The summed E-state index contributed by atoms with van der Waals surface area (Å²) in [4.78, 5) is 2.30. The standard InChI is InChI=1S/C24H32O4S/c1-4-18(8-7-13-24(27,5-2)6-3)23-12-11-22(29-23)17-28-21-10-9-19(15-25)20(14-21)16-26/h7-14,25-27H,4-6,15-17H2,1-3H3/b13-7+,18-8-. The molecule has 2 aromatic rings. The molecule has 0 spiro atoms. The van der Waals surface area contributed by atoms with Gasteiger partial charge in [0.1, 0.15) is 12.4 Å². The zero-order valence-electron chi connectivity index (χ0n) is 17.5. The molecule has 5 heteroatoms. The number of thiophene rings is 1. The Kier molecular flexibility index (Phi) is 9.11. The van der Waals surface area contributed by atoms with E-state index in [0.29, 0.717) is 36.3 Å². The molecule has 158 valence electrons. The van der Waals surface area contributed by atoms with Crippen molar-refractivity contribution in [2.24, 2.45) is 0 Å². The largest absolute Gasteiger partial charge is 0.488 e. The van der Waals surface area contributed by atoms with E-state index in [1.165, 1.54) is 10.5 Å². The Labute approximate surface area is 177 Å². The van der Waals surface area contributed by atoms with Gasteiger partial charge >= 0.3 is 0 Å². The van der Waals surface area contributed by atoms with Gasteiger partial charge in [0, 0.05) is 9.75 Å². The molecule has 0 bridgehead atoms. The number of benzene rings is 1. The van der Waals surface area contributed by atoms with Crippen LogP contribution in [0.3, 0.4) is 0 Å². The summed E-state index contributed by atoms with van der Waals surface area (Å²) >= 11 is 1.69. The van der Waals surface area contributed by atoms with E-state index < -0.39 is 5.60 Å². The van der Waals surface area contributed by atoms with Crippen LogP contribution >= 0.6 is 11.3 Å². The SMILES string of the molecule is CC/C(=C/C=C/C(O)(CC)CC)c1ccc(COc2ccc(CO)c(CO)c2)s1. The lowest BCUT2D eigenvalue weighted by Gasteiger charge is -2.19. The van der Waals surface area contributed by atoms with Crippen LogP contribution in [0.5, 0.6) is 5.75 Å². The Morgan fingerprint density at radius 2 is 1.76 bits per heavy atom. The molecule has 1 aromatic heterocycles. The highest BCUT2D eigenvalue weighted by Gasteiger charge is 2.17. The van der Waals surface area contributed by atoms with Gasteiger partial charge in [-0.05, 0) is 60.2 Å². The molecule has 0 aliphatic carbocycles. The van der Waals surface area contributed by atoms with Crippen molar-refractivity contribution in [3.05, 3.63) is 69.4 Å². The van der Waals surface area contributed by atoms with Crippen LogP contribution in [0.15, 0.2) is 48.6 Å². The number of rotatable bonds is 11. The molecule has 0 fully saturated rings. The lowest BCUT2D eigenvalue weighted by atomic mass is 9.97. The van der Waals surface area contributed by atoms with Gasteiger partial charge in [0.2, 0.25) is 0 Å². The van der Waals surface area contributed by atoms with E-state index in [4.69, 9.17) is 4.74 Å². The van der Waals surface area contributed by atoms with Gasteiger partial charge in [0.15, 0.2) is 0 Å². The minimum Gasteiger partial charge on any atom is -0.488 e. The van der Waals surface area contributed by atoms with Gasteiger partial charge in [-0.15, -0.1) is 11.3 Å². The third kappa shape index (κ3) is 6.54. The maximum Gasteiger partial charge on any atom is 0.122 e. The van der Waals surface area contributed by atoms with Crippen molar-refractivity contribution >= 4 is 16.9 Å². The normalized spacial score (nSPS) is 12.7. The minimum atomic E-state index is -0.733. The number of allylic oxidation sites excluding steroid dienone is 3. The van der Waals surface area contributed by atoms with Crippen LogP contribution in [0.1, 0.15) is 60.9 Å². The van der Waals surface area contributed by atoms with Crippen LogP contribution < -0.4 is 4.74 Å². The molecular formula is C24H32O4S. The summed E-state index contributed by atoms with van der Waals surface area (Å²) in [5.74, 6) is 0.675. The van der Waals surface area contributed by atoms with Gasteiger partial charge in [-0.25, -0.2) is 0 Å². The molecular weight excluding hydrogens is 384 g/mol. The summed E-state index contributed by atoms with van der Waals surface area (Å²) in [6, 6.07) is 9.52. The van der Waals surface area contributed by atoms with Crippen molar-refractivity contribution in [1.29, 1.82) is 0 Å². The van der Waals surface area contributed by atoms with Crippen molar-refractivity contribution < 1.29 is 20.1 Å². The second kappa shape index (κ2) is 11.3. The van der Waals surface area contributed by atoms with Crippen molar-refractivity contribution in [3.63, 3.8) is 0 Å². The van der Waals surface area contributed by atoms with Gasteiger partial charge in [-0.1, -0.05) is 45.1 Å². The molecule has 3 N–H and O–H groups in total. The summed E-state index contributed by atoms with van der Waals surface area (Å²) in [6.45, 7) is 6.33. The average Bonchev–Trinajstić information content (AvgIpc) is 3.23. The van der Waals surface area contributed by atoms with E-state index in [-0.39, 0.29) is 13.2 Å². The molecule has 0 radical (unpaired) electrons. The summed E-state index contributed by atoms with van der Waals surface area (Å²) in [5.41, 5.74) is 1.88. The molecule has 0 saturated heterocycles. The van der Waals surface area contributed by atoms with Gasteiger partial charge < -0.3 is 20.1 Å². The molecule has 2 rings (SSSR count). The van der Waals surface area contributed by atoms with Gasteiger partial charge in [0.25, 0.3) is 0 Å². The van der Waals surface area contributed by atoms with E-state index in [9.17, 15) is 15.3 Å². The van der Waals surface area contributed by atoms with Crippen LogP contribution in [0.25, 0.3) is 5.57 Å². The lowest BCUT2D eigenvalue weighted by molar-refractivity contribution is 0.0828. The minimum absolute atomic E-state index is 0.0983. The zero-order chi connectivity index (χ0) is 21.3. The highest BCUT2D eigenvalue weighted by atomic mass is 32.1. The smallest absolute Gasteiger partial charge is 0.122 e. The average molecular weight is 417 g/mol. The third-order valence-electron chi connectivity index (χ3n) is 5.19. The fraction of sp³-hybridized carbons (Fsp3) is 0.417. The number of ether oxygens (including phenoxy) is 1. The van der Waals surface area contributed by atoms with Crippen LogP contribution in [0, 0.1) is 0 Å². The van der Waals surface area contributed by atoms with Gasteiger partial charge in [0.05, 0.1) is 18.8 Å². The molecule has 29 heavy (non-hydrogen) atoms. The van der Waals surface area contributed by atoms with Crippen molar-refractivity contribution in [2.75, 3.05) is 0 Å². The molecule has 1 aromatic carbocycles. The predicted octanol–water partition coefficient (Wildman–Crippen LogP) is 5.21. The van der Waals surface area contributed by atoms with E-state index >= 15 is 0 Å². The monoisotopic (exact) mass is 416 g/mol. The maximum atomic E-state index is 10.4. The second-order valence-electron chi connectivity index (χ2n) is 7.02. The van der Waals surface area contributed by atoms with Crippen LogP contribution in [-0.2, 0) is 19.8 Å². The first-order valence-corrected chi connectivity index (χ1v) is 11.0. The summed E-state index contributed by atoms with van der Waals surface area (Å²) in [7, 11) is 0. The Morgan fingerprint density at radius 3 is 2.38 bits per heavy atom. The molecule has 4 nitrogen and oxygen atoms in total. The van der Waals surface area contributed by atoms with Crippen LogP contribution in [0.2, 0.25) is 0 Å². The third-order valence-corrected chi connectivity index (χ3v) is 6.32. The van der Waals surface area contributed by atoms with Crippen LogP contribution in [0.4, 0.5) is 0 Å². The summed E-state index contributed by atoms with van der Waals surface area (Å²) in [6.07, 6.45) is 8.23. The second-order valence-corrected chi connectivity index (χ2v) is 8.18. The molecule has 0 aliphatic rings. The molecule has 0 atom stereocenters. The topological polar surface area (TPSA) is 69.9 Å². The summed E-state index contributed by atoms with van der Waals surface area (Å²) < 4.78 is 5.87. The van der Waals surface area contributed by atoms with Gasteiger partial charge in [-0.2, -0.15) is 0 Å². The van der Waals surface area contributed by atoms with E-state index in [1.807, 2.05) is 32.1 Å². The molecule has 0 unspecified atom stereocenters. The first-order valence-electron chi connectivity index (χ1n) is 10.1. The fourth-order valence-electron chi connectivity index (χ4n) is 2.98. The Bertz CT molecular complexity index is 831. The number of aliphatic hydroxyl groups is 3. The van der Waals surface area contributed by atoms with Crippen LogP contribution in [-0.4, -0.2) is 20.9 Å². The number of aliphatic hydroxyl groups excluding tert-OH is 2. The Hall–Kier alpha value is -1.92. The number of hydrogen-bond donors (Lipinski definition) is 3. The first kappa shape index (κ1) is 23.4. The van der Waals surface area contributed by atoms with Gasteiger partial charge in [-0.3, -0.25) is 0 Å².